The van der Waals surface area contributed by atoms with Crippen LogP contribution in [0.2, 0.25) is 0 Å². The summed E-state index contributed by atoms with van der Waals surface area (Å²) in [5, 5.41) is 0. The van der Waals surface area contributed by atoms with E-state index in [4.69, 9.17) is 18.5 Å². The second kappa shape index (κ2) is 37.1. The van der Waals surface area contributed by atoms with Crippen molar-refractivity contribution in [1.82, 2.24) is 0 Å². The quantitative estimate of drug-likeness (QED) is 0.0220. The Balaban J connectivity index is 4.31. The number of nitrogens with zero attached hydrogens (tertiary/aromatic N) is 1. The molecule has 9 heteroatoms. The minimum atomic E-state index is -4.28. The van der Waals surface area contributed by atoms with Crippen LogP contribution in [0, 0.1) is 0 Å². The lowest BCUT2D eigenvalue weighted by Crippen LogP contribution is -2.37. The van der Waals surface area contributed by atoms with E-state index in [1.807, 2.05) is 21.1 Å². The monoisotopic (exact) mass is 767 g/mol. The summed E-state index contributed by atoms with van der Waals surface area (Å²) >= 11 is 0. The Morgan fingerprint density at radius 2 is 1.09 bits per heavy atom. The van der Waals surface area contributed by atoms with E-state index in [0.29, 0.717) is 24.1 Å². The van der Waals surface area contributed by atoms with Crippen LogP contribution >= 0.6 is 7.82 Å². The Bertz CT molecular complexity index is 1030. The SMILES string of the molecule is CC/C=C\C/C=C\C/C=C\CCCCCCOCC(COP(=O)(O)OCC[N+](C)(C)C)OC(=O)CCCCCCCCC/C=C\C/C=C\CCCCC. The molecule has 0 saturated carbocycles. The van der Waals surface area contributed by atoms with Gasteiger partial charge in [-0.05, 0) is 77.0 Å². The highest BCUT2D eigenvalue weighted by Crippen LogP contribution is 2.43. The highest BCUT2D eigenvalue weighted by Gasteiger charge is 2.26. The molecule has 2 atom stereocenters. The Labute approximate surface area is 326 Å². The molecule has 0 bridgehead atoms. The van der Waals surface area contributed by atoms with Crippen LogP contribution < -0.4 is 0 Å². The Hall–Kier alpha value is -1.80. The number of allylic oxidation sites excluding steroid dienone is 10. The summed E-state index contributed by atoms with van der Waals surface area (Å²) in [5.41, 5.74) is 0. The molecule has 2 unspecified atom stereocenters. The standard InChI is InChI=1S/C44H80NO7P/c1-6-8-10-12-14-16-18-20-22-23-24-25-27-29-31-33-35-37-44(46)52-43(42-51-53(47,48)50-40-38-45(3,4)5)41-49-39-36-34-32-30-28-26-21-19-17-15-13-11-9-7-2/h9,11,14-17,20-22,26,43H,6-8,10,12-13,18-19,23-25,27-42H2,1-5H3/p+1/b11-9-,16-14-,17-15-,22-20-,26-21-. The van der Waals surface area contributed by atoms with Gasteiger partial charge in [-0.25, -0.2) is 4.57 Å². The van der Waals surface area contributed by atoms with Crippen molar-refractivity contribution in [3.63, 3.8) is 0 Å². The van der Waals surface area contributed by atoms with Gasteiger partial charge in [-0.2, -0.15) is 0 Å². The van der Waals surface area contributed by atoms with Crippen molar-refractivity contribution in [3.05, 3.63) is 60.8 Å². The van der Waals surface area contributed by atoms with Crippen LogP contribution in [0.5, 0.6) is 0 Å². The number of esters is 1. The fourth-order valence-electron chi connectivity index (χ4n) is 5.30. The molecule has 308 valence electrons. The molecular weight excluding hydrogens is 685 g/mol. The van der Waals surface area contributed by atoms with E-state index in [2.05, 4.69) is 74.6 Å². The molecule has 0 aromatic carbocycles. The Morgan fingerprint density at radius 3 is 1.64 bits per heavy atom. The molecule has 0 aromatic heterocycles. The molecule has 0 rings (SSSR count). The first kappa shape index (κ1) is 51.2. The highest BCUT2D eigenvalue weighted by atomic mass is 31.2. The lowest BCUT2D eigenvalue weighted by molar-refractivity contribution is -0.870. The average Bonchev–Trinajstić information content (AvgIpc) is 3.11. The normalized spacial score (nSPS) is 14.5. The van der Waals surface area contributed by atoms with Gasteiger partial charge in [-0.1, -0.05) is 132 Å². The molecule has 0 aliphatic rings. The molecule has 0 fully saturated rings. The average molecular weight is 767 g/mol. The Kier molecular flexibility index (Phi) is 35.9. The predicted octanol–water partition coefficient (Wildman–Crippen LogP) is 12.2. The van der Waals surface area contributed by atoms with E-state index < -0.39 is 13.9 Å². The van der Waals surface area contributed by atoms with Gasteiger partial charge in [0.2, 0.25) is 0 Å². The lowest BCUT2D eigenvalue weighted by atomic mass is 10.1. The number of rotatable bonds is 38. The van der Waals surface area contributed by atoms with Gasteiger partial charge < -0.3 is 18.9 Å². The van der Waals surface area contributed by atoms with Crippen molar-refractivity contribution in [3.8, 4) is 0 Å². The first-order valence-corrected chi connectivity index (χ1v) is 22.5. The molecule has 0 aliphatic heterocycles. The third-order valence-electron chi connectivity index (χ3n) is 8.56. The summed E-state index contributed by atoms with van der Waals surface area (Å²) in [5.74, 6) is -0.333. The largest absolute Gasteiger partial charge is 0.472 e. The number of ether oxygens (including phenoxy) is 2. The van der Waals surface area contributed by atoms with E-state index in [-0.39, 0.29) is 25.8 Å². The molecule has 8 nitrogen and oxygen atoms in total. The molecule has 0 spiro atoms. The van der Waals surface area contributed by atoms with E-state index >= 15 is 0 Å². The van der Waals surface area contributed by atoms with Gasteiger partial charge in [0.05, 0.1) is 34.4 Å². The Morgan fingerprint density at radius 1 is 0.604 bits per heavy atom. The van der Waals surface area contributed by atoms with Crippen LogP contribution in [0.25, 0.3) is 0 Å². The summed E-state index contributed by atoms with van der Waals surface area (Å²) < 4.78 is 34.9. The molecule has 0 amide bonds. The van der Waals surface area contributed by atoms with Gasteiger partial charge >= 0.3 is 13.8 Å². The minimum Gasteiger partial charge on any atom is -0.457 e. The minimum absolute atomic E-state index is 0.0795. The van der Waals surface area contributed by atoms with Crippen molar-refractivity contribution in [2.24, 2.45) is 0 Å². The molecule has 1 N–H and O–H groups in total. The van der Waals surface area contributed by atoms with Gasteiger partial charge in [-0.3, -0.25) is 13.8 Å². The summed E-state index contributed by atoms with van der Waals surface area (Å²) in [6, 6.07) is 0. The van der Waals surface area contributed by atoms with Crippen LogP contribution in [0.15, 0.2) is 60.8 Å². The van der Waals surface area contributed by atoms with E-state index in [0.717, 1.165) is 83.5 Å². The molecule has 0 radical (unpaired) electrons. The van der Waals surface area contributed by atoms with Crippen molar-refractivity contribution in [2.75, 3.05) is 54.1 Å². The molecule has 0 aromatic rings. The number of phosphoric acid groups is 1. The summed E-state index contributed by atoms with van der Waals surface area (Å²) in [6.45, 7) is 5.40. The molecule has 0 saturated heterocycles. The van der Waals surface area contributed by atoms with Gasteiger partial charge in [0.25, 0.3) is 0 Å². The van der Waals surface area contributed by atoms with Crippen molar-refractivity contribution < 1.29 is 37.3 Å². The van der Waals surface area contributed by atoms with Crippen LogP contribution in [0.4, 0.5) is 0 Å². The van der Waals surface area contributed by atoms with Gasteiger partial charge in [0.15, 0.2) is 0 Å². The zero-order valence-corrected chi connectivity index (χ0v) is 35.6. The topological polar surface area (TPSA) is 91.3 Å². The summed E-state index contributed by atoms with van der Waals surface area (Å²) in [7, 11) is 1.64. The van der Waals surface area contributed by atoms with Crippen LogP contribution in [0.1, 0.15) is 155 Å². The second-order valence-corrected chi connectivity index (χ2v) is 16.4. The van der Waals surface area contributed by atoms with Gasteiger partial charge in [0.1, 0.15) is 19.3 Å². The number of unbranched alkanes of at least 4 members (excludes halogenated alkanes) is 14. The van der Waals surface area contributed by atoms with E-state index in [1.165, 1.54) is 51.4 Å². The number of carbonyl (C=O) groups is 1. The van der Waals surface area contributed by atoms with Crippen molar-refractivity contribution in [1.29, 1.82) is 0 Å². The zero-order chi connectivity index (χ0) is 39.1. The fraction of sp³-hybridized carbons (Fsp3) is 0.750. The summed E-state index contributed by atoms with van der Waals surface area (Å²) in [6.07, 6.45) is 45.3. The first-order chi connectivity index (χ1) is 25.6. The van der Waals surface area contributed by atoms with Crippen LogP contribution in [0.3, 0.4) is 0 Å². The molecule has 53 heavy (non-hydrogen) atoms. The lowest BCUT2D eigenvalue weighted by Gasteiger charge is -2.24. The smallest absolute Gasteiger partial charge is 0.457 e. The number of likely N-dealkylation sites (N-methyl/N-ethyl adjacent to an activating group) is 1. The highest BCUT2D eigenvalue weighted by molar-refractivity contribution is 7.47. The zero-order valence-electron chi connectivity index (χ0n) is 34.7. The first-order valence-electron chi connectivity index (χ1n) is 21.0. The molecule has 0 heterocycles. The van der Waals surface area contributed by atoms with Crippen molar-refractivity contribution in [2.45, 2.75) is 161 Å². The maximum absolute atomic E-state index is 12.7. The third kappa shape index (κ3) is 41.2. The number of quaternary nitrogens is 1. The number of carbonyl (C=O) groups excluding carboxylic acids is 1. The number of hydrogen-bond acceptors (Lipinski definition) is 6. The van der Waals surface area contributed by atoms with E-state index in [1.54, 1.807) is 0 Å². The van der Waals surface area contributed by atoms with Gasteiger partial charge in [0, 0.05) is 13.0 Å². The number of hydrogen-bond donors (Lipinski definition) is 1. The van der Waals surface area contributed by atoms with Crippen molar-refractivity contribution >= 4 is 13.8 Å². The van der Waals surface area contributed by atoms with Gasteiger partial charge in [-0.15, -0.1) is 0 Å². The predicted molar refractivity (Wildman–Crippen MR) is 224 cm³/mol. The fourth-order valence-corrected chi connectivity index (χ4v) is 6.04. The maximum Gasteiger partial charge on any atom is 0.472 e. The van der Waals surface area contributed by atoms with E-state index in [9.17, 15) is 14.3 Å². The second-order valence-electron chi connectivity index (χ2n) is 15.0. The third-order valence-corrected chi connectivity index (χ3v) is 9.55. The van der Waals surface area contributed by atoms with Crippen LogP contribution in [-0.2, 0) is 27.9 Å². The van der Waals surface area contributed by atoms with Crippen LogP contribution in [-0.4, -0.2) is 75.6 Å². The molecule has 0 aliphatic carbocycles. The number of phosphoric ester groups is 1. The maximum atomic E-state index is 12.7. The summed E-state index contributed by atoms with van der Waals surface area (Å²) in [4.78, 5) is 22.9. The molecular formula is C44H81NO7P+.